The van der Waals surface area contributed by atoms with Crippen LogP contribution >= 0.6 is 11.6 Å². The Labute approximate surface area is 184 Å². The van der Waals surface area contributed by atoms with Crippen LogP contribution in [0.2, 0.25) is 5.02 Å². The minimum absolute atomic E-state index is 0.0360. The summed E-state index contributed by atoms with van der Waals surface area (Å²) >= 11 is 6.16. The fraction of sp³-hybridized carbons (Fsp3) is 0.455. The van der Waals surface area contributed by atoms with Crippen LogP contribution in [0, 0.1) is 0 Å². The molecule has 0 bridgehead atoms. The molecule has 1 aliphatic carbocycles. The van der Waals surface area contributed by atoms with Crippen molar-refractivity contribution in [2.75, 3.05) is 13.1 Å². The molecule has 1 saturated carbocycles. The van der Waals surface area contributed by atoms with Crippen LogP contribution in [0.5, 0.6) is 0 Å². The van der Waals surface area contributed by atoms with Gasteiger partial charge in [0, 0.05) is 29.4 Å². The van der Waals surface area contributed by atoms with E-state index in [9.17, 15) is 9.59 Å². The lowest BCUT2D eigenvalue weighted by Gasteiger charge is -2.35. The molecular formula is C22H24ClN5O3. The van der Waals surface area contributed by atoms with Crippen LogP contribution in [-0.2, 0) is 16.1 Å². The lowest BCUT2D eigenvalue weighted by Crippen LogP contribution is -2.49. The van der Waals surface area contributed by atoms with Gasteiger partial charge in [0.05, 0.1) is 29.8 Å². The van der Waals surface area contributed by atoms with Crippen LogP contribution in [0.3, 0.4) is 0 Å². The van der Waals surface area contributed by atoms with Crippen molar-refractivity contribution in [2.24, 2.45) is 0 Å². The Morgan fingerprint density at radius 1 is 1.23 bits per heavy atom. The van der Waals surface area contributed by atoms with Gasteiger partial charge in [-0.3, -0.25) is 9.59 Å². The molecule has 1 amide bonds. The summed E-state index contributed by atoms with van der Waals surface area (Å²) in [4.78, 5) is 28.2. The Bertz CT molecular complexity index is 1210. The van der Waals surface area contributed by atoms with Gasteiger partial charge in [0.15, 0.2) is 0 Å². The molecule has 3 heterocycles. The molecule has 31 heavy (non-hydrogen) atoms. The van der Waals surface area contributed by atoms with Gasteiger partial charge in [-0.2, -0.15) is 10.2 Å². The number of aromatic nitrogens is 4. The van der Waals surface area contributed by atoms with Gasteiger partial charge in [0.1, 0.15) is 12.1 Å². The van der Waals surface area contributed by atoms with E-state index in [1.807, 2.05) is 26.0 Å². The summed E-state index contributed by atoms with van der Waals surface area (Å²) in [6.45, 7) is 4.81. The van der Waals surface area contributed by atoms with Gasteiger partial charge in [0.25, 0.3) is 5.56 Å². The van der Waals surface area contributed by atoms with Gasteiger partial charge in [-0.05, 0) is 44.9 Å². The van der Waals surface area contributed by atoms with Crippen molar-refractivity contribution in [3.05, 3.63) is 51.5 Å². The second-order valence-electron chi connectivity index (χ2n) is 8.48. The molecule has 9 heteroatoms. The number of hydrogen-bond donors (Lipinski definition) is 0. The molecular weight excluding hydrogens is 418 g/mol. The van der Waals surface area contributed by atoms with E-state index in [-0.39, 0.29) is 30.2 Å². The number of amides is 1. The number of carbonyl (C=O) groups excluding carboxylic acids is 1. The number of halogens is 1. The topological polar surface area (TPSA) is 82.3 Å². The van der Waals surface area contributed by atoms with E-state index in [0.29, 0.717) is 35.2 Å². The Kier molecular flexibility index (Phi) is 5.06. The maximum atomic E-state index is 13.4. The highest BCUT2D eigenvalue weighted by molar-refractivity contribution is 6.30. The Morgan fingerprint density at radius 3 is 2.65 bits per heavy atom. The maximum Gasteiger partial charge on any atom is 0.293 e. The Morgan fingerprint density at radius 2 is 1.97 bits per heavy atom. The van der Waals surface area contributed by atoms with E-state index >= 15 is 0 Å². The molecule has 3 aromatic rings. The van der Waals surface area contributed by atoms with Gasteiger partial charge in [-0.25, -0.2) is 9.36 Å². The second-order valence-corrected chi connectivity index (χ2v) is 8.91. The molecule has 8 nitrogen and oxygen atoms in total. The zero-order valence-corrected chi connectivity index (χ0v) is 18.2. The number of rotatable bonds is 4. The number of benzene rings is 1. The largest absolute Gasteiger partial charge is 0.372 e. The minimum Gasteiger partial charge on any atom is -0.372 e. The average Bonchev–Trinajstić information content (AvgIpc) is 3.47. The molecule has 0 unspecified atom stereocenters. The summed E-state index contributed by atoms with van der Waals surface area (Å²) in [5.74, 6) is 0.163. The van der Waals surface area contributed by atoms with Crippen molar-refractivity contribution in [1.82, 2.24) is 24.5 Å². The first-order valence-electron chi connectivity index (χ1n) is 10.6. The van der Waals surface area contributed by atoms with Crippen molar-refractivity contribution >= 4 is 28.4 Å². The zero-order chi connectivity index (χ0) is 21.7. The fourth-order valence-electron chi connectivity index (χ4n) is 4.27. The molecule has 0 spiro atoms. The number of hydrogen-bond acceptors (Lipinski definition) is 5. The second kappa shape index (κ2) is 7.76. The fourth-order valence-corrected chi connectivity index (χ4v) is 4.46. The SMILES string of the molecule is C[C@@H]1CN(C(=O)Cn2nc(C3CC3)c3cnn(-c4cccc(Cl)c4)c3c2=O)C[C@H](C)O1. The number of ether oxygens (including phenoxy) is 1. The van der Waals surface area contributed by atoms with E-state index < -0.39 is 0 Å². The van der Waals surface area contributed by atoms with Gasteiger partial charge in [-0.15, -0.1) is 0 Å². The third kappa shape index (κ3) is 3.85. The number of morpholine rings is 1. The zero-order valence-electron chi connectivity index (χ0n) is 17.5. The van der Waals surface area contributed by atoms with Crippen LogP contribution in [0.1, 0.15) is 38.3 Å². The average molecular weight is 442 g/mol. The Balaban J connectivity index is 1.57. The van der Waals surface area contributed by atoms with Crippen LogP contribution in [-0.4, -0.2) is 55.7 Å². The third-order valence-corrected chi connectivity index (χ3v) is 6.02. The third-order valence-electron chi connectivity index (χ3n) is 5.78. The molecule has 2 aromatic heterocycles. The molecule has 2 fully saturated rings. The first-order valence-corrected chi connectivity index (χ1v) is 11.0. The predicted molar refractivity (Wildman–Crippen MR) is 117 cm³/mol. The van der Waals surface area contributed by atoms with Crippen molar-refractivity contribution < 1.29 is 9.53 Å². The van der Waals surface area contributed by atoms with Crippen molar-refractivity contribution in [3.63, 3.8) is 0 Å². The molecule has 1 saturated heterocycles. The summed E-state index contributed by atoms with van der Waals surface area (Å²) in [5.41, 5.74) is 1.62. The van der Waals surface area contributed by atoms with Gasteiger partial charge >= 0.3 is 0 Å². The first kappa shape index (κ1) is 20.2. The summed E-state index contributed by atoms with van der Waals surface area (Å²) in [7, 11) is 0. The van der Waals surface area contributed by atoms with E-state index in [4.69, 9.17) is 16.3 Å². The highest BCUT2D eigenvalue weighted by atomic mass is 35.5. The van der Waals surface area contributed by atoms with Gasteiger partial charge < -0.3 is 9.64 Å². The van der Waals surface area contributed by atoms with E-state index in [1.54, 1.807) is 27.9 Å². The number of carbonyl (C=O) groups is 1. The first-order chi connectivity index (χ1) is 14.9. The summed E-state index contributed by atoms with van der Waals surface area (Å²) in [6.07, 6.45) is 3.66. The van der Waals surface area contributed by atoms with Crippen LogP contribution in [0.25, 0.3) is 16.6 Å². The van der Waals surface area contributed by atoms with Gasteiger partial charge in [-0.1, -0.05) is 17.7 Å². The predicted octanol–water partition coefficient (Wildman–Crippen LogP) is 2.75. The van der Waals surface area contributed by atoms with Crippen LogP contribution in [0.15, 0.2) is 35.3 Å². The molecule has 1 aromatic carbocycles. The molecule has 1 aliphatic heterocycles. The maximum absolute atomic E-state index is 13.4. The molecule has 0 N–H and O–H groups in total. The monoisotopic (exact) mass is 441 g/mol. The summed E-state index contributed by atoms with van der Waals surface area (Å²) in [6, 6.07) is 7.20. The van der Waals surface area contributed by atoms with Crippen LogP contribution < -0.4 is 5.56 Å². The Hall–Kier alpha value is -2.71. The smallest absolute Gasteiger partial charge is 0.293 e. The lowest BCUT2D eigenvalue weighted by atomic mass is 10.2. The molecule has 2 aliphatic rings. The number of fused-ring (bicyclic) bond motifs is 1. The van der Waals surface area contributed by atoms with Crippen LogP contribution in [0.4, 0.5) is 0 Å². The highest BCUT2D eigenvalue weighted by Crippen LogP contribution is 2.41. The van der Waals surface area contributed by atoms with Crippen molar-refractivity contribution in [3.8, 4) is 5.69 Å². The normalized spacial score (nSPS) is 21.6. The summed E-state index contributed by atoms with van der Waals surface area (Å²) in [5, 5.41) is 10.4. The molecule has 5 rings (SSSR count). The highest BCUT2D eigenvalue weighted by Gasteiger charge is 2.31. The standard InChI is InChI=1S/C22H24ClN5O3/c1-13-10-26(11-14(2)31-13)19(29)12-27-22(30)21-18(20(25-27)15-6-7-15)9-24-28(21)17-5-3-4-16(23)8-17/h3-5,8-9,13-15H,6-7,10-12H2,1-2H3/t13-,14+. The molecule has 2 atom stereocenters. The van der Waals surface area contributed by atoms with Crippen molar-refractivity contribution in [1.29, 1.82) is 0 Å². The van der Waals surface area contributed by atoms with E-state index in [1.165, 1.54) is 4.68 Å². The quantitative estimate of drug-likeness (QED) is 0.621. The van der Waals surface area contributed by atoms with Crippen molar-refractivity contribution in [2.45, 2.75) is 51.4 Å². The minimum atomic E-state index is -0.334. The van der Waals surface area contributed by atoms with Gasteiger partial charge in [0.2, 0.25) is 5.91 Å². The molecule has 162 valence electrons. The number of nitrogens with zero attached hydrogens (tertiary/aromatic N) is 5. The molecule has 0 radical (unpaired) electrons. The lowest BCUT2D eigenvalue weighted by molar-refractivity contribution is -0.144. The van der Waals surface area contributed by atoms with E-state index in [0.717, 1.165) is 23.9 Å². The summed E-state index contributed by atoms with van der Waals surface area (Å²) < 4.78 is 8.61. The van der Waals surface area contributed by atoms with E-state index in [2.05, 4.69) is 10.2 Å².